The fraction of sp³-hybridized carbons (Fsp3) is 0.286. The molecule has 2 heteroatoms. The van der Waals surface area contributed by atoms with Gasteiger partial charge < -0.3 is 0 Å². The molecule has 0 aliphatic carbocycles. The fourth-order valence-electron chi connectivity index (χ4n) is 0.623. The van der Waals surface area contributed by atoms with Crippen LogP contribution in [0.4, 0.5) is 0 Å². The third-order valence-electron chi connectivity index (χ3n) is 1.12. The first-order chi connectivity index (χ1) is 4.30. The number of aromatic nitrogens is 1. The molecule has 1 atom stereocenters. The molecular formula is C7H10NTe+. The summed E-state index contributed by atoms with van der Waals surface area (Å²) in [6.07, 6.45) is 1.84. The molecule has 0 N–H and O–H groups in total. The second-order valence-electron chi connectivity index (χ2n) is 1.93. The summed E-state index contributed by atoms with van der Waals surface area (Å²) in [7, 11) is 0. The maximum absolute atomic E-state index is 4.19. The molecule has 0 saturated heterocycles. The minimum absolute atomic E-state index is 0. The number of hydrogen-bond donors (Lipinski definition) is 0. The molecule has 1 nitrogen and oxygen atoms in total. The van der Waals surface area contributed by atoms with Gasteiger partial charge in [0.25, 0.3) is 0 Å². The van der Waals surface area contributed by atoms with Crippen LogP contribution < -0.4 is 0 Å². The van der Waals surface area contributed by atoms with Crippen LogP contribution in [0.1, 0.15) is 18.0 Å². The van der Waals surface area contributed by atoms with E-state index in [0.717, 1.165) is 0 Å². The van der Waals surface area contributed by atoms with Crippen LogP contribution in [0.2, 0.25) is 0 Å². The molecule has 1 aromatic heterocycles. The molecule has 0 saturated carbocycles. The van der Waals surface area contributed by atoms with Crippen molar-refractivity contribution < 1.29 is 1.43 Å². The van der Waals surface area contributed by atoms with E-state index in [4.69, 9.17) is 0 Å². The Morgan fingerprint density at radius 2 is 2.44 bits per heavy atom. The Kier molecular flexibility index (Phi) is 2.50. The molecule has 1 unspecified atom stereocenters. The summed E-state index contributed by atoms with van der Waals surface area (Å²) in [5, 5.41) is 0. The zero-order valence-corrected chi connectivity index (χ0v) is 7.83. The number of pyridine rings is 1. The van der Waals surface area contributed by atoms with Crippen LogP contribution in [-0.4, -0.2) is 27.3 Å². The molecule has 9 heavy (non-hydrogen) atoms. The molecule has 0 spiro atoms. The van der Waals surface area contributed by atoms with E-state index in [-0.39, 0.29) is 1.43 Å². The summed E-state index contributed by atoms with van der Waals surface area (Å²) >= 11 is 1.80. The zero-order valence-electron chi connectivity index (χ0n) is 6.28. The van der Waals surface area contributed by atoms with Gasteiger partial charge in [-0.15, -0.1) is 0 Å². The minimum Gasteiger partial charge on any atom is 1.00 e. The molecule has 1 rings (SSSR count). The van der Waals surface area contributed by atoms with Gasteiger partial charge in [-0.1, -0.05) is 0 Å². The largest absolute Gasteiger partial charge is 1.00 e. The van der Waals surface area contributed by atoms with Gasteiger partial charge in [-0.25, -0.2) is 0 Å². The molecule has 0 amide bonds. The SMILES string of the molecule is CC([TeH])c1ccccn1.[H+]. The molecule has 0 radical (unpaired) electrons. The van der Waals surface area contributed by atoms with Crippen molar-refractivity contribution in [2.24, 2.45) is 0 Å². The van der Waals surface area contributed by atoms with Crippen LogP contribution in [0.3, 0.4) is 0 Å². The van der Waals surface area contributed by atoms with Crippen molar-refractivity contribution in [1.82, 2.24) is 4.98 Å². The third-order valence-corrected chi connectivity index (χ3v) is 1.87. The van der Waals surface area contributed by atoms with Crippen LogP contribution in [0.5, 0.6) is 0 Å². The predicted molar refractivity (Wildman–Crippen MR) is 40.9 cm³/mol. The van der Waals surface area contributed by atoms with Crippen LogP contribution in [0.15, 0.2) is 24.4 Å². The Morgan fingerprint density at radius 1 is 1.67 bits per heavy atom. The maximum Gasteiger partial charge on any atom is 1.00 e. The molecular weight excluding hydrogens is 226 g/mol. The molecule has 1 aromatic rings. The normalized spacial score (nSPS) is 13.1. The minimum atomic E-state index is 0. The van der Waals surface area contributed by atoms with E-state index in [0.29, 0.717) is 3.97 Å². The van der Waals surface area contributed by atoms with Crippen molar-refractivity contribution in [3.8, 4) is 0 Å². The topological polar surface area (TPSA) is 12.9 Å². The van der Waals surface area contributed by atoms with Crippen molar-refractivity contribution in [3.05, 3.63) is 30.1 Å². The molecule has 0 aliphatic heterocycles. The number of rotatable bonds is 1. The Labute approximate surface area is 69.9 Å². The van der Waals surface area contributed by atoms with E-state index in [1.165, 1.54) is 5.69 Å². The number of hydrogen-bond acceptors (Lipinski definition) is 1. The van der Waals surface area contributed by atoms with Gasteiger partial charge in [0.05, 0.1) is 0 Å². The average molecular weight is 236 g/mol. The summed E-state index contributed by atoms with van der Waals surface area (Å²) in [5.41, 5.74) is 1.19. The predicted octanol–water partition coefficient (Wildman–Crippen LogP) is 1.16. The van der Waals surface area contributed by atoms with E-state index >= 15 is 0 Å². The maximum atomic E-state index is 4.19. The van der Waals surface area contributed by atoms with Crippen molar-refractivity contribution >= 4 is 22.3 Å². The monoisotopic (exact) mass is 238 g/mol. The van der Waals surface area contributed by atoms with Crippen molar-refractivity contribution in [1.29, 1.82) is 0 Å². The first kappa shape index (κ1) is 7.05. The fourth-order valence-corrected chi connectivity index (χ4v) is 1.06. The molecule has 0 bridgehead atoms. The van der Waals surface area contributed by atoms with Crippen LogP contribution >= 0.6 is 0 Å². The molecule has 0 fully saturated rings. The van der Waals surface area contributed by atoms with Crippen molar-refractivity contribution in [2.75, 3.05) is 0 Å². The average Bonchev–Trinajstić information content (AvgIpc) is 1.90. The van der Waals surface area contributed by atoms with Gasteiger partial charge in [-0.2, -0.15) is 0 Å². The second-order valence-corrected chi connectivity index (χ2v) is 4.14. The summed E-state index contributed by atoms with van der Waals surface area (Å²) < 4.78 is 0.597. The van der Waals surface area contributed by atoms with Gasteiger partial charge >= 0.3 is 69.7 Å². The first-order valence-corrected chi connectivity index (χ1v) is 4.37. The van der Waals surface area contributed by atoms with E-state index in [1.807, 2.05) is 18.3 Å². The first-order valence-electron chi connectivity index (χ1n) is 2.89. The Balaban J connectivity index is 0.000000810. The van der Waals surface area contributed by atoms with Crippen LogP contribution in [0, 0.1) is 0 Å². The standard InChI is InChI=1S/C7H9NTe/c1-6(9)7-4-2-3-5-8-7/h2-6,9H,1H3/p+1. The Hall–Kier alpha value is -0.0604. The quantitative estimate of drug-likeness (QED) is 0.666. The van der Waals surface area contributed by atoms with Crippen LogP contribution in [0.25, 0.3) is 0 Å². The van der Waals surface area contributed by atoms with E-state index in [2.05, 4.69) is 18.0 Å². The smallest absolute Gasteiger partial charge is 1.00 e. The van der Waals surface area contributed by atoms with Crippen LogP contribution in [-0.2, 0) is 0 Å². The van der Waals surface area contributed by atoms with Gasteiger partial charge in [0.1, 0.15) is 0 Å². The van der Waals surface area contributed by atoms with Crippen molar-refractivity contribution in [3.63, 3.8) is 0 Å². The van der Waals surface area contributed by atoms with E-state index in [1.54, 1.807) is 22.3 Å². The molecule has 0 aromatic carbocycles. The molecule has 0 aliphatic rings. The van der Waals surface area contributed by atoms with E-state index in [9.17, 15) is 0 Å². The summed E-state index contributed by atoms with van der Waals surface area (Å²) in [4.78, 5) is 4.19. The summed E-state index contributed by atoms with van der Waals surface area (Å²) in [6.45, 7) is 2.16. The van der Waals surface area contributed by atoms with Gasteiger partial charge in [-0.05, 0) is 0 Å². The van der Waals surface area contributed by atoms with Gasteiger partial charge in [0, 0.05) is 0 Å². The van der Waals surface area contributed by atoms with Gasteiger partial charge in [-0.3, -0.25) is 0 Å². The summed E-state index contributed by atoms with van der Waals surface area (Å²) in [5.74, 6) is 0. The van der Waals surface area contributed by atoms with Crippen molar-refractivity contribution in [2.45, 2.75) is 10.9 Å². The number of nitrogens with zero attached hydrogens (tertiary/aromatic N) is 1. The Bertz CT molecular complexity index is 176. The molecule has 1 heterocycles. The summed E-state index contributed by atoms with van der Waals surface area (Å²) in [6, 6.07) is 6.02. The second kappa shape index (κ2) is 3.19. The van der Waals surface area contributed by atoms with Gasteiger partial charge in [0.2, 0.25) is 0 Å². The van der Waals surface area contributed by atoms with Gasteiger partial charge in [0.15, 0.2) is 0 Å². The zero-order chi connectivity index (χ0) is 6.69. The Morgan fingerprint density at radius 3 is 2.78 bits per heavy atom. The molecule has 48 valence electrons. The third kappa shape index (κ3) is 1.96. The van der Waals surface area contributed by atoms with E-state index < -0.39 is 0 Å².